The molecule has 0 atom stereocenters. The standard InChI is InChI=1S/C5H4N2S3/c1-2-9-5(8-1)4-3-10-7-6-4/h1-3,5H. The predicted molar refractivity (Wildman–Crippen MR) is 47.0 cm³/mol. The van der Waals surface area contributed by atoms with Crippen molar-refractivity contribution < 1.29 is 0 Å². The number of hydrogen-bond donors (Lipinski definition) is 0. The molecule has 0 spiro atoms. The van der Waals surface area contributed by atoms with Crippen molar-refractivity contribution in [3.63, 3.8) is 0 Å². The van der Waals surface area contributed by atoms with E-state index in [4.69, 9.17) is 0 Å². The summed E-state index contributed by atoms with van der Waals surface area (Å²) in [5.74, 6) is 0. The van der Waals surface area contributed by atoms with E-state index in [9.17, 15) is 0 Å². The lowest BCUT2D eigenvalue weighted by atomic mass is 10.6. The van der Waals surface area contributed by atoms with Gasteiger partial charge in [-0.05, 0) is 22.3 Å². The SMILES string of the molecule is C1=CSC(c2csnn2)S1. The van der Waals surface area contributed by atoms with Crippen molar-refractivity contribution in [3.8, 4) is 0 Å². The van der Waals surface area contributed by atoms with Gasteiger partial charge in [-0.25, -0.2) is 0 Å². The van der Waals surface area contributed by atoms with Crippen molar-refractivity contribution >= 4 is 35.1 Å². The van der Waals surface area contributed by atoms with Crippen LogP contribution < -0.4 is 0 Å². The Kier molecular flexibility index (Phi) is 1.97. The van der Waals surface area contributed by atoms with Crippen molar-refractivity contribution in [1.29, 1.82) is 0 Å². The Bertz CT molecular complexity index is 223. The highest BCUT2D eigenvalue weighted by atomic mass is 32.2. The third-order valence-electron chi connectivity index (χ3n) is 1.08. The molecule has 0 saturated heterocycles. The quantitative estimate of drug-likeness (QED) is 0.676. The summed E-state index contributed by atoms with van der Waals surface area (Å²) in [5.41, 5.74) is 1.09. The molecule has 0 bridgehead atoms. The maximum atomic E-state index is 3.99. The van der Waals surface area contributed by atoms with E-state index >= 15 is 0 Å². The van der Waals surface area contributed by atoms with E-state index in [1.165, 1.54) is 11.5 Å². The molecule has 2 rings (SSSR count). The molecule has 0 amide bonds. The number of hydrogen-bond acceptors (Lipinski definition) is 5. The molecule has 2 nitrogen and oxygen atoms in total. The summed E-state index contributed by atoms with van der Waals surface area (Å²) in [4.78, 5) is 0. The van der Waals surface area contributed by atoms with Gasteiger partial charge in [-0.15, -0.1) is 28.6 Å². The first-order valence-corrected chi connectivity index (χ1v) is 5.42. The summed E-state index contributed by atoms with van der Waals surface area (Å²) in [6.07, 6.45) is 0. The van der Waals surface area contributed by atoms with Gasteiger partial charge in [0.15, 0.2) is 0 Å². The highest BCUT2D eigenvalue weighted by Crippen LogP contribution is 2.45. The molecular weight excluding hydrogens is 184 g/mol. The first-order valence-electron chi connectivity index (χ1n) is 2.70. The molecule has 0 N–H and O–H groups in total. The van der Waals surface area contributed by atoms with Crippen LogP contribution in [0.5, 0.6) is 0 Å². The van der Waals surface area contributed by atoms with Crippen molar-refractivity contribution in [1.82, 2.24) is 9.59 Å². The molecule has 0 aromatic carbocycles. The molecule has 1 aliphatic heterocycles. The maximum absolute atomic E-state index is 3.99. The van der Waals surface area contributed by atoms with Gasteiger partial charge in [-0.1, -0.05) is 4.49 Å². The van der Waals surface area contributed by atoms with Gasteiger partial charge in [0.2, 0.25) is 0 Å². The zero-order valence-electron chi connectivity index (χ0n) is 4.93. The second-order valence-electron chi connectivity index (χ2n) is 1.71. The fraction of sp³-hybridized carbons (Fsp3) is 0.200. The molecule has 52 valence electrons. The summed E-state index contributed by atoms with van der Waals surface area (Å²) >= 11 is 4.98. The van der Waals surface area contributed by atoms with Crippen LogP contribution in [0.1, 0.15) is 10.3 Å². The van der Waals surface area contributed by atoms with Crippen molar-refractivity contribution in [3.05, 3.63) is 21.9 Å². The molecule has 2 heterocycles. The van der Waals surface area contributed by atoms with Crippen LogP contribution in [-0.2, 0) is 0 Å². The molecule has 0 fully saturated rings. The summed E-state index contributed by atoms with van der Waals surface area (Å²) in [5, 5.41) is 10.2. The van der Waals surface area contributed by atoms with Crippen LogP contribution in [0.25, 0.3) is 0 Å². The van der Waals surface area contributed by atoms with Crippen molar-refractivity contribution in [2.75, 3.05) is 0 Å². The number of rotatable bonds is 1. The van der Waals surface area contributed by atoms with E-state index in [2.05, 4.69) is 20.4 Å². The Balaban J connectivity index is 2.14. The predicted octanol–water partition coefficient (Wildman–Crippen LogP) is 2.49. The van der Waals surface area contributed by atoms with E-state index in [-0.39, 0.29) is 0 Å². The molecule has 0 unspecified atom stereocenters. The van der Waals surface area contributed by atoms with E-state index in [1.54, 1.807) is 23.5 Å². The first kappa shape index (κ1) is 6.69. The largest absolute Gasteiger partial charge is 0.141 e. The summed E-state index contributed by atoms with van der Waals surface area (Å²) in [7, 11) is 0. The fourth-order valence-corrected chi connectivity index (χ4v) is 3.25. The van der Waals surface area contributed by atoms with Gasteiger partial charge in [0.25, 0.3) is 0 Å². The molecular formula is C5H4N2S3. The molecule has 5 heteroatoms. The van der Waals surface area contributed by atoms with Crippen molar-refractivity contribution in [2.24, 2.45) is 0 Å². The fourth-order valence-electron chi connectivity index (χ4n) is 0.653. The van der Waals surface area contributed by atoms with Crippen LogP contribution >= 0.6 is 35.1 Å². The zero-order valence-corrected chi connectivity index (χ0v) is 7.38. The first-order chi connectivity index (χ1) is 4.97. The summed E-state index contributed by atoms with van der Waals surface area (Å²) < 4.78 is 4.26. The van der Waals surface area contributed by atoms with Crippen LogP contribution in [0.2, 0.25) is 0 Å². The molecule has 10 heavy (non-hydrogen) atoms. The highest BCUT2D eigenvalue weighted by Gasteiger charge is 2.16. The second kappa shape index (κ2) is 2.94. The average Bonchev–Trinajstić information content (AvgIpc) is 2.59. The lowest BCUT2D eigenvalue weighted by molar-refractivity contribution is 1.07. The van der Waals surface area contributed by atoms with Crippen LogP contribution in [0, 0.1) is 0 Å². The minimum Gasteiger partial charge on any atom is -0.141 e. The van der Waals surface area contributed by atoms with Gasteiger partial charge in [0, 0.05) is 5.38 Å². The van der Waals surface area contributed by atoms with Gasteiger partial charge in [-0.2, -0.15) is 0 Å². The minimum absolute atomic E-state index is 0.457. The monoisotopic (exact) mass is 188 g/mol. The Hall–Kier alpha value is -0.000000000000000111. The van der Waals surface area contributed by atoms with Crippen LogP contribution in [0.4, 0.5) is 0 Å². The lowest BCUT2D eigenvalue weighted by Gasteiger charge is -1.99. The molecule has 0 saturated carbocycles. The summed E-state index contributed by atoms with van der Waals surface area (Å²) in [6, 6.07) is 0. The molecule has 0 aliphatic carbocycles. The van der Waals surface area contributed by atoms with E-state index in [1.807, 2.05) is 5.38 Å². The highest BCUT2D eigenvalue weighted by molar-refractivity contribution is 8.21. The minimum atomic E-state index is 0.457. The zero-order chi connectivity index (χ0) is 6.81. The Morgan fingerprint density at radius 1 is 1.30 bits per heavy atom. The van der Waals surface area contributed by atoms with Crippen molar-refractivity contribution in [2.45, 2.75) is 4.58 Å². The topological polar surface area (TPSA) is 25.8 Å². The number of thioether (sulfide) groups is 2. The Morgan fingerprint density at radius 2 is 2.10 bits per heavy atom. The molecule has 1 aliphatic rings. The normalized spacial score (nSPS) is 18.4. The van der Waals surface area contributed by atoms with E-state index in [0.717, 1.165) is 5.69 Å². The smallest absolute Gasteiger partial charge is 0.103 e. The summed E-state index contributed by atoms with van der Waals surface area (Å²) in [6.45, 7) is 0. The second-order valence-corrected chi connectivity index (χ2v) is 4.65. The average molecular weight is 188 g/mol. The molecule has 0 radical (unpaired) electrons. The third-order valence-corrected chi connectivity index (χ3v) is 4.00. The lowest BCUT2D eigenvalue weighted by Crippen LogP contribution is -1.83. The van der Waals surface area contributed by atoms with E-state index < -0.39 is 0 Å². The third kappa shape index (κ3) is 1.21. The molecule has 1 aromatic rings. The number of aromatic nitrogens is 2. The Morgan fingerprint density at radius 3 is 2.70 bits per heavy atom. The van der Waals surface area contributed by atoms with Gasteiger partial charge >= 0.3 is 0 Å². The van der Waals surface area contributed by atoms with Crippen LogP contribution in [0.15, 0.2) is 16.2 Å². The van der Waals surface area contributed by atoms with Gasteiger partial charge in [0.1, 0.15) is 4.58 Å². The maximum Gasteiger partial charge on any atom is 0.103 e. The van der Waals surface area contributed by atoms with Gasteiger partial charge in [-0.3, -0.25) is 0 Å². The van der Waals surface area contributed by atoms with Gasteiger partial charge in [0.05, 0.1) is 5.69 Å². The van der Waals surface area contributed by atoms with Crippen LogP contribution in [-0.4, -0.2) is 9.59 Å². The van der Waals surface area contributed by atoms with E-state index in [0.29, 0.717) is 4.58 Å². The van der Waals surface area contributed by atoms with Crippen LogP contribution in [0.3, 0.4) is 0 Å². The molecule has 1 aromatic heterocycles. The van der Waals surface area contributed by atoms with Gasteiger partial charge < -0.3 is 0 Å². The Labute approximate surface area is 71.3 Å². The number of nitrogens with zero attached hydrogens (tertiary/aromatic N) is 2.